The third-order valence-corrected chi connectivity index (χ3v) is 6.61. The second-order valence-electron chi connectivity index (χ2n) is 8.72. The summed E-state index contributed by atoms with van der Waals surface area (Å²) in [7, 11) is 0. The van der Waals surface area contributed by atoms with E-state index >= 15 is 0 Å². The lowest BCUT2D eigenvalue weighted by Crippen LogP contribution is -2.59. The number of phenols is 1. The molecule has 1 aromatic carbocycles. The minimum Gasteiger partial charge on any atom is -0.508 e. The van der Waals surface area contributed by atoms with Crippen LogP contribution in [-0.4, -0.2) is 27.5 Å². The molecule has 1 fully saturated rings. The van der Waals surface area contributed by atoms with Crippen LogP contribution in [0, 0.1) is 11.3 Å². The van der Waals surface area contributed by atoms with Crippen LogP contribution in [0.3, 0.4) is 0 Å². The number of fused-ring (bicyclic) bond motifs is 3. The summed E-state index contributed by atoms with van der Waals surface area (Å²) < 4.78 is 0. The van der Waals surface area contributed by atoms with E-state index in [2.05, 4.69) is 34.6 Å². The van der Waals surface area contributed by atoms with E-state index in [1.165, 1.54) is 5.56 Å². The van der Waals surface area contributed by atoms with Crippen LogP contribution in [0.1, 0.15) is 70.1 Å². The number of hydrogen-bond acceptors (Lipinski definition) is 3. The van der Waals surface area contributed by atoms with Gasteiger partial charge in [-0.2, -0.15) is 0 Å². The molecule has 0 amide bonds. The largest absolute Gasteiger partial charge is 0.508 e. The zero-order valence-electron chi connectivity index (χ0n) is 14.9. The third-order valence-electron chi connectivity index (χ3n) is 6.61. The van der Waals surface area contributed by atoms with Gasteiger partial charge >= 0.3 is 0 Å². The van der Waals surface area contributed by atoms with Crippen LogP contribution in [0.25, 0.3) is 0 Å². The Hall–Kier alpha value is -1.06. The minimum atomic E-state index is -0.489. The van der Waals surface area contributed by atoms with Gasteiger partial charge in [-0.25, -0.2) is 0 Å². The molecule has 2 aliphatic carbocycles. The molecule has 1 saturated carbocycles. The van der Waals surface area contributed by atoms with Gasteiger partial charge in [0.1, 0.15) is 5.75 Å². The highest BCUT2D eigenvalue weighted by molar-refractivity contribution is 5.51. The van der Waals surface area contributed by atoms with Gasteiger partial charge in [0, 0.05) is 5.92 Å². The Morgan fingerprint density at radius 1 is 1.13 bits per heavy atom. The zero-order valence-corrected chi connectivity index (χ0v) is 14.9. The molecule has 0 radical (unpaired) electrons. The van der Waals surface area contributed by atoms with Gasteiger partial charge in [0.05, 0.1) is 12.2 Å². The van der Waals surface area contributed by atoms with E-state index < -0.39 is 6.10 Å². The first-order chi connectivity index (χ1) is 10.6. The summed E-state index contributed by atoms with van der Waals surface area (Å²) in [4.78, 5) is 0. The lowest BCUT2D eigenvalue weighted by atomic mass is 9.48. The van der Waals surface area contributed by atoms with E-state index in [1.807, 2.05) is 12.1 Å². The molecule has 0 aromatic heterocycles. The van der Waals surface area contributed by atoms with E-state index in [1.54, 1.807) is 0 Å². The molecule has 0 spiro atoms. The normalized spacial score (nSPS) is 35.7. The monoisotopic (exact) mass is 318 g/mol. The Balaban J connectivity index is 2.22. The van der Waals surface area contributed by atoms with Crippen molar-refractivity contribution < 1.29 is 15.3 Å². The fraction of sp³-hybridized carbons (Fsp3) is 0.700. The molecular formula is C20H30O3. The number of aliphatic hydroxyl groups is 2. The van der Waals surface area contributed by atoms with Crippen LogP contribution in [0.4, 0.5) is 0 Å². The first kappa shape index (κ1) is 16.8. The second kappa shape index (κ2) is 5.22. The lowest BCUT2D eigenvalue weighted by Gasteiger charge is -2.58. The number of aromatic hydroxyl groups is 1. The first-order valence-corrected chi connectivity index (χ1v) is 8.82. The topological polar surface area (TPSA) is 60.7 Å². The summed E-state index contributed by atoms with van der Waals surface area (Å²) in [6, 6.07) is 3.86. The predicted molar refractivity (Wildman–Crippen MR) is 91.8 cm³/mol. The highest BCUT2D eigenvalue weighted by Gasteiger charge is 2.57. The molecule has 1 aromatic rings. The second-order valence-corrected chi connectivity index (χ2v) is 8.72. The van der Waals surface area contributed by atoms with Crippen molar-refractivity contribution in [2.75, 3.05) is 0 Å². The van der Waals surface area contributed by atoms with Gasteiger partial charge in [0.25, 0.3) is 0 Å². The van der Waals surface area contributed by atoms with Gasteiger partial charge in [-0.1, -0.05) is 40.7 Å². The van der Waals surface area contributed by atoms with Crippen LogP contribution < -0.4 is 0 Å². The fourth-order valence-electron chi connectivity index (χ4n) is 5.59. The summed E-state index contributed by atoms with van der Waals surface area (Å²) >= 11 is 0. The Morgan fingerprint density at radius 2 is 1.78 bits per heavy atom. The number of hydrogen-bond donors (Lipinski definition) is 3. The van der Waals surface area contributed by atoms with Crippen molar-refractivity contribution in [2.24, 2.45) is 11.3 Å². The number of benzene rings is 1. The van der Waals surface area contributed by atoms with Gasteiger partial charge < -0.3 is 15.3 Å². The fourth-order valence-corrected chi connectivity index (χ4v) is 5.59. The maximum atomic E-state index is 11.0. The van der Waals surface area contributed by atoms with Crippen molar-refractivity contribution in [3.8, 4) is 5.75 Å². The lowest BCUT2D eigenvalue weighted by molar-refractivity contribution is -0.119. The molecule has 0 heterocycles. The van der Waals surface area contributed by atoms with E-state index in [-0.39, 0.29) is 28.8 Å². The van der Waals surface area contributed by atoms with Crippen molar-refractivity contribution in [3.63, 3.8) is 0 Å². The minimum absolute atomic E-state index is 0.0239. The van der Waals surface area contributed by atoms with Crippen LogP contribution in [-0.2, 0) is 11.8 Å². The summed E-state index contributed by atoms with van der Waals surface area (Å²) in [5, 5.41) is 31.8. The smallest absolute Gasteiger partial charge is 0.119 e. The predicted octanol–water partition coefficient (Wildman–Crippen LogP) is 3.49. The average molecular weight is 318 g/mol. The molecule has 4 atom stereocenters. The van der Waals surface area contributed by atoms with Gasteiger partial charge in [0.15, 0.2) is 0 Å². The standard InChI is InChI=1S/C20H30O3/c1-11(2)17-12-10-15(22)18-19(3,4)16(23)8-9-20(18,5)13(12)6-7-14(17)21/h6-7,11,15-16,18,21-23H,8-10H2,1-5H3. The van der Waals surface area contributed by atoms with Crippen molar-refractivity contribution in [2.45, 2.75) is 77.4 Å². The van der Waals surface area contributed by atoms with Gasteiger partial charge in [-0.05, 0) is 58.8 Å². The molecule has 3 rings (SSSR count). The van der Waals surface area contributed by atoms with Crippen LogP contribution in [0.15, 0.2) is 12.1 Å². The molecule has 0 bridgehead atoms. The quantitative estimate of drug-likeness (QED) is 0.743. The Labute approximate surface area is 139 Å². The third kappa shape index (κ3) is 2.24. The Morgan fingerprint density at radius 3 is 2.39 bits per heavy atom. The molecule has 128 valence electrons. The Kier molecular flexibility index (Phi) is 3.81. The molecule has 0 aliphatic heterocycles. The highest BCUT2D eigenvalue weighted by atomic mass is 16.3. The Bertz CT molecular complexity index is 620. The maximum Gasteiger partial charge on any atom is 0.119 e. The average Bonchev–Trinajstić information content (AvgIpc) is 2.42. The zero-order chi connectivity index (χ0) is 17.2. The molecule has 2 aliphatic rings. The van der Waals surface area contributed by atoms with Crippen LogP contribution >= 0.6 is 0 Å². The van der Waals surface area contributed by atoms with Crippen LogP contribution in [0.2, 0.25) is 0 Å². The summed E-state index contributed by atoms with van der Waals surface area (Å²) in [6.07, 6.45) is 1.32. The van der Waals surface area contributed by atoms with Crippen LogP contribution in [0.5, 0.6) is 5.75 Å². The van der Waals surface area contributed by atoms with Crippen molar-refractivity contribution in [3.05, 3.63) is 28.8 Å². The van der Waals surface area contributed by atoms with Crippen molar-refractivity contribution in [1.82, 2.24) is 0 Å². The highest BCUT2D eigenvalue weighted by Crippen LogP contribution is 2.58. The maximum absolute atomic E-state index is 11.0. The van der Waals surface area contributed by atoms with Gasteiger partial charge in [-0.15, -0.1) is 0 Å². The molecule has 4 unspecified atom stereocenters. The summed E-state index contributed by atoms with van der Waals surface area (Å²) in [6.45, 7) is 10.6. The first-order valence-electron chi connectivity index (χ1n) is 8.82. The van der Waals surface area contributed by atoms with E-state index in [0.717, 1.165) is 24.0 Å². The number of rotatable bonds is 1. The SMILES string of the molecule is CC(C)c1c(O)ccc2c1CC(O)C1C2(C)CCC(O)C1(C)C. The van der Waals surface area contributed by atoms with Gasteiger partial charge in [-0.3, -0.25) is 0 Å². The van der Waals surface area contributed by atoms with Crippen molar-refractivity contribution in [1.29, 1.82) is 0 Å². The molecule has 0 saturated heterocycles. The van der Waals surface area contributed by atoms with E-state index in [4.69, 9.17) is 0 Å². The van der Waals surface area contributed by atoms with E-state index in [9.17, 15) is 15.3 Å². The molecular weight excluding hydrogens is 288 g/mol. The van der Waals surface area contributed by atoms with E-state index in [0.29, 0.717) is 12.2 Å². The molecule has 3 nitrogen and oxygen atoms in total. The van der Waals surface area contributed by atoms with Crippen molar-refractivity contribution >= 4 is 0 Å². The molecule has 3 N–H and O–H groups in total. The number of aliphatic hydroxyl groups excluding tert-OH is 2. The molecule has 23 heavy (non-hydrogen) atoms. The number of phenolic OH excluding ortho intramolecular Hbond substituents is 1. The summed E-state index contributed by atoms with van der Waals surface area (Å²) in [5.74, 6) is 0.582. The summed E-state index contributed by atoms with van der Waals surface area (Å²) in [5.41, 5.74) is 2.88. The van der Waals surface area contributed by atoms with Gasteiger partial charge in [0.2, 0.25) is 0 Å². The molecule has 3 heteroatoms.